The second-order valence-corrected chi connectivity index (χ2v) is 5.88. The Labute approximate surface area is 114 Å². The molecule has 0 N–H and O–H groups in total. The van der Waals surface area contributed by atoms with E-state index in [1.165, 1.54) is 0 Å². The largest absolute Gasteiger partial charge is 0.294 e. The standard InChI is InChI=1S/C16H20N2O/c1-16(2,3)14-8-6-5-7-13(14)15(19)11-12-9-10-18(4)17-12/h5-10H,11H2,1-4H3. The van der Waals surface area contributed by atoms with Gasteiger partial charge in [-0.15, -0.1) is 0 Å². The minimum Gasteiger partial charge on any atom is -0.294 e. The van der Waals surface area contributed by atoms with Gasteiger partial charge in [0.15, 0.2) is 5.78 Å². The van der Waals surface area contributed by atoms with Crippen LogP contribution >= 0.6 is 0 Å². The molecule has 0 amide bonds. The predicted octanol–water partition coefficient (Wildman–Crippen LogP) is 3.14. The number of nitrogens with zero attached hydrogens (tertiary/aromatic N) is 2. The molecule has 19 heavy (non-hydrogen) atoms. The summed E-state index contributed by atoms with van der Waals surface area (Å²) in [7, 11) is 1.86. The average molecular weight is 256 g/mol. The molecule has 0 bridgehead atoms. The molecule has 3 nitrogen and oxygen atoms in total. The van der Waals surface area contributed by atoms with Gasteiger partial charge in [0.25, 0.3) is 0 Å². The summed E-state index contributed by atoms with van der Waals surface area (Å²) in [6, 6.07) is 9.73. The Morgan fingerprint density at radius 3 is 2.47 bits per heavy atom. The molecule has 0 aliphatic rings. The number of hydrogen-bond acceptors (Lipinski definition) is 2. The van der Waals surface area contributed by atoms with Crippen LogP contribution in [0.4, 0.5) is 0 Å². The lowest BCUT2D eigenvalue weighted by Crippen LogP contribution is -2.18. The summed E-state index contributed by atoms with van der Waals surface area (Å²) < 4.78 is 1.72. The van der Waals surface area contributed by atoms with E-state index in [1.807, 2.05) is 43.6 Å². The SMILES string of the molecule is Cn1ccc(CC(=O)c2ccccc2C(C)(C)C)n1. The van der Waals surface area contributed by atoms with Gasteiger partial charge < -0.3 is 0 Å². The first-order valence-corrected chi connectivity index (χ1v) is 6.49. The molecular formula is C16H20N2O. The van der Waals surface area contributed by atoms with Crippen molar-refractivity contribution in [2.75, 3.05) is 0 Å². The molecule has 0 aliphatic heterocycles. The van der Waals surface area contributed by atoms with E-state index in [-0.39, 0.29) is 11.2 Å². The Bertz CT molecular complexity index is 591. The van der Waals surface area contributed by atoms with E-state index in [0.29, 0.717) is 6.42 Å². The smallest absolute Gasteiger partial charge is 0.169 e. The molecule has 0 fully saturated rings. The van der Waals surface area contributed by atoms with Crippen LogP contribution in [0, 0.1) is 0 Å². The number of rotatable bonds is 3. The van der Waals surface area contributed by atoms with E-state index in [9.17, 15) is 4.79 Å². The number of aromatic nitrogens is 2. The van der Waals surface area contributed by atoms with E-state index in [2.05, 4.69) is 25.9 Å². The molecule has 0 saturated heterocycles. The summed E-state index contributed by atoms with van der Waals surface area (Å²) in [4.78, 5) is 12.4. The van der Waals surface area contributed by atoms with E-state index in [4.69, 9.17) is 0 Å². The molecule has 0 aliphatic carbocycles. The number of benzene rings is 1. The number of carbonyl (C=O) groups excluding carboxylic acids is 1. The third kappa shape index (κ3) is 3.11. The summed E-state index contributed by atoms with van der Waals surface area (Å²) in [6.45, 7) is 6.37. The number of carbonyl (C=O) groups is 1. The first-order chi connectivity index (χ1) is 8.88. The van der Waals surface area contributed by atoms with Crippen molar-refractivity contribution in [3.8, 4) is 0 Å². The third-order valence-corrected chi connectivity index (χ3v) is 3.15. The van der Waals surface area contributed by atoms with Crippen LogP contribution in [0.3, 0.4) is 0 Å². The van der Waals surface area contributed by atoms with Crippen molar-refractivity contribution in [1.29, 1.82) is 0 Å². The fraction of sp³-hybridized carbons (Fsp3) is 0.375. The Hall–Kier alpha value is -1.90. The Morgan fingerprint density at radius 2 is 1.89 bits per heavy atom. The molecule has 3 heteroatoms. The van der Waals surface area contributed by atoms with Crippen molar-refractivity contribution >= 4 is 5.78 Å². The molecule has 0 spiro atoms. The predicted molar refractivity (Wildman–Crippen MR) is 76.4 cm³/mol. The highest BCUT2D eigenvalue weighted by Crippen LogP contribution is 2.26. The van der Waals surface area contributed by atoms with Crippen molar-refractivity contribution in [3.63, 3.8) is 0 Å². The topological polar surface area (TPSA) is 34.9 Å². The van der Waals surface area contributed by atoms with Crippen LogP contribution in [0.25, 0.3) is 0 Å². The fourth-order valence-electron chi connectivity index (χ4n) is 2.20. The molecule has 1 heterocycles. The highest BCUT2D eigenvalue weighted by Gasteiger charge is 2.21. The molecule has 2 rings (SSSR count). The molecular weight excluding hydrogens is 236 g/mol. The van der Waals surface area contributed by atoms with Crippen LogP contribution in [-0.4, -0.2) is 15.6 Å². The average Bonchev–Trinajstić information content (AvgIpc) is 2.73. The van der Waals surface area contributed by atoms with E-state index < -0.39 is 0 Å². The van der Waals surface area contributed by atoms with Crippen molar-refractivity contribution in [2.24, 2.45) is 7.05 Å². The summed E-state index contributed by atoms with van der Waals surface area (Å²) in [5.41, 5.74) is 2.68. The van der Waals surface area contributed by atoms with Gasteiger partial charge in [-0.1, -0.05) is 45.0 Å². The number of hydrogen-bond donors (Lipinski definition) is 0. The van der Waals surface area contributed by atoms with Crippen LogP contribution in [0.5, 0.6) is 0 Å². The molecule has 0 unspecified atom stereocenters. The molecule has 100 valence electrons. The van der Waals surface area contributed by atoms with Crippen molar-refractivity contribution in [1.82, 2.24) is 9.78 Å². The molecule has 0 atom stereocenters. The number of aryl methyl sites for hydroxylation is 1. The monoisotopic (exact) mass is 256 g/mol. The van der Waals surface area contributed by atoms with Crippen LogP contribution < -0.4 is 0 Å². The lowest BCUT2D eigenvalue weighted by molar-refractivity contribution is 0.0989. The summed E-state index contributed by atoms with van der Waals surface area (Å²) >= 11 is 0. The Morgan fingerprint density at radius 1 is 1.21 bits per heavy atom. The molecule has 2 aromatic rings. The van der Waals surface area contributed by atoms with Crippen molar-refractivity contribution in [3.05, 3.63) is 53.3 Å². The van der Waals surface area contributed by atoms with Crippen LogP contribution in [-0.2, 0) is 18.9 Å². The third-order valence-electron chi connectivity index (χ3n) is 3.15. The summed E-state index contributed by atoms with van der Waals surface area (Å²) in [5, 5.41) is 4.26. The molecule has 0 radical (unpaired) electrons. The second-order valence-electron chi connectivity index (χ2n) is 5.88. The van der Waals surface area contributed by atoms with Crippen LogP contribution in [0.2, 0.25) is 0 Å². The van der Waals surface area contributed by atoms with Crippen molar-refractivity contribution < 1.29 is 4.79 Å². The second kappa shape index (κ2) is 5.00. The van der Waals surface area contributed by atoms with Gasteiger partial charge >= 0.3 is 0 Å². The molecule has 1 aromatic carbocycles. The molecule has 1 aromatic heterocycles. The van der Waals surface area contributed by atoms with Gasteiger partial charge in [0.2, 0.25) is 0 Å². The van der Waals surface area contributed by atoms with Gasteiger partial charge in [0, 0.05) is 18.8 Å². The van der Waals surface area contributed by atoms with Gasteiger partial charge in [0.05, 0.1) is 12.1 Å². The summed E-state index contributed by atoms with van der Waals surface area (Å²) in [5.74, 6) is 0.129. The maximum atomic E-state index is 12.4. The zero-order chi connectivity index (χ0) is 14.0. The van der Waals surface area contributed by atoms with Gasteiger partial charge in [-0.05, 0) is 17.0 Å². The minimum atomic E-state index is -0.0314. The van der Waals surface area contributed by atoms with E-state index in [1.54, 1.807) is 4.68 Å². The number of ketones is 1. The van der Waals surface area contributed by atoms with Crippen molar-refractivity contribution in [2.45, 2.75) is 32.6 Å². The minimum absolute atomic E-state index is 0.0314. The quantitative estimate of drug-likeness (QED) is 0.791. The Balaban J connectivity index is 2.29. The van der Waals surface area contributed by atoms with Gasteiger partial charge in [-0.3, -0.25) is 9.48 Å². The first-order valence-electron chi connectivity index (χ1n) is 6.49. The van der Waals surface area contributed by atoms with Gasteiger partial charge in [-0.2, -0.15) is 5.10 Å². The number of Topliss-reactive ketones (excluding diaryl/α,β-unsaturated/α-hetero) is 1. The van der Waals surface area contributed by atoms with Crippen LogP contribution in [0.1, 0.15) is 42.4 Å². The highest BCUT2D eigenvalue weighted by molar-refractivity contribution is 5.98. The fourth-order valence-corrected chi connectivity index (χ4v) is 2.20. The zero-order valence-electron chi connectivity index (χ0n) is 12.0. The maximum Gasteiger partial charge on any atom is 0.169 e. The van der Waals surface area contributed by atoms with Gasteiger partial charge in [-0.25, -0.2) is 0 Å². The zero-order valence-corrected chi connectivity index (χ0v) is 12.0. The molecule has 0 saturated carbocycles. The lowest BCUT2D eigenvalue weighted by Gasteiger charge is -2.22. The first kappa shape index (κ1) is 13.5. The van der Waals surface area contributed by atoms with E-state index in [0.717, 1.165) is 16.8 Å². The Kier molecular flexibility index (Phi) is 3.56. The van der Waals surface area contributed by atoms with Gasteiger partial charge in [0.1, 0.15) is 0 Å². The lowest BCUT2D eigenvalue weighted by atomic mass is 9.82. The van der Waals surface area contributed by atoms with Crippen LogP contribution in [0.15, 0.2) is 36.5 Å². The maximum absolute atomic E-state index is 12.4. The van der Waals surface area contributed by atoms with E-state index >= 15 is 0 Å². The highest BCUT2D eigenvalue weighted by atomic mass is 16.1. The normalized spacial score (nSPS) is 11.6. The summed E-state index contributed by atoms with van der Waals surface area (Å²) in [6.07, 6.45) is 2.21.